The largest absolute Gasteiger partial charge is 0.376 e. The van der Waals surface area contributed by atoms with E-state index in [-0.39, 0.29) is 11.9 Å². The number of ketones is 1. The van der Waals surface area contributed by atoms with Gasteiger partial charge in [0.25, 0.3) is 0 Å². The fourth-order valence-electron chi connectivity index (χ4n) is 4.06. The summed E-state index contributed by atoms with van der Waals surface area (Å²) in [7, 11) is 1.95. The number of aryl methyl sites for hydroxylation is 2. The van der Waals surface area contributed by atoms with Crippen LogP contribution in [0.3, 0.4) is 0 Å². The van der Waals surface area contributed by atoms with Crippen LogP contribution in [0.4, 0.5) is 0 Å². The topological polar surface area (TPSA) is 61.9 Å². The summed E-state index contributed by atoms with van der Waals surface area (Å²) in [6.45, 7) is 7.81. The number of rotatable bonds is 7. The zero-order valence-electron chi connectivity index (χ0n) is 18.0. The van der Waals surface area contributed by atoms with E-state index in [4.69, 9.17) is 4.74 Å². The van der Waals surface area contributed by atoms with Crippen molar-refractivity contribution in [1.29, 1.82) is 0 Å². The van der Waals surface area contributed by atoms with Crippen LogP contribution >= 0.6 is 11.8 Å². The Kier molecular flexibility index (Phi) is 6.11. The third-order valence-corrected chi connectivity index (χ3v) is 6.86. The van der Waals surface area contributed by atoms with Gasteiger partial charge in [-0.2, -0.15) is 0 Å². The standard InChI is InChI=1S/C23H28N4O2S/c1-15-8-5-6-10-19(15)22-24-25-23(26(22)4)30-14-21(28)20-12-16(2)27(17(20)3)13-18-9-7-11-29-18/h5-6,8,10,12,18H,7,9,11,13-14H2,1-4H3/t18-/m1/s1. The molecule has 3 aromatic rings. The van der Waals surface area contributed by atoms with Crippen LogP contribution in [0, 0.1) is 20.8 Å². The molecule has 0 saturated carbocycles. The first-order valence-electron chi connectivity index (χ1n) is 10.4. The van der Waals surface area contributed by atoms with Gasteiger partial charge in [0.1, 0.15) is 0 Å². The Morgan fingerprint density at radius 2 is 2.03 bits per heavy atom. The van der Waals surface area contributed by atoms with Crippen molar-refractivity contribution < 1.29 is 9.53 Å². The number of aromatic nitrogens is 4. The van der Waals surface area contributed by atoms with E-state index >= 15 is 0 Å². The molecule has 0 unspecified atom stereocenters. The average Bonchev–Trinajstić information content (AvgIpc) is 3.44. The summed E-state index contributed by atoms with van der Waals surface area (Å²) >= 11 is 1.43. The maximum absolute atomic E-state index is 13.0. The van der Waals surface area contributed by atoms with Crippen LogP contribution < -0.4 is 0 Å². The summed E-state index contributed by atoms with van der Waals surface area (Å²) in [6, 6.07) is 10.1. The van der Waals surface area contributed by atoms with Gasteiger partial charge >= 0.3 is 0 Å². The highest BCUT2D eigenvalue weighted by atomic mass is 32.2. The van der Waals surface area contributed by atoms with E-state index in [9.17, 15) is 4.79 Å². The number of carbonyl (C=O) groups excluding carboxylic acids is 1. The lowest BCUT2D eigenvalue weighted by atomic mass is 10.1. The number of hydrogen-bond acceptors (Lipinski definition) is 5. The molecule has 1 atom stereocenters. The molecule has 4 rings (SSSR count). The molecule has 0 radical (unpaired) electrons. The first kappa shape index (κ1) is 20.9. The lowest BCUT2D eigenvalue weighted by Gasteiger charge is -2.14. The second-order valence-corrected chi connectivity index (χ2v) is 8.86. The zero-order chi connectivity index (χ0) is 21.3. The number of nitrogens with zero attached hydrogens (tertiary/aromatic N) is 4. The van der Waals surface area contributed by atoms with E-state index < -0.39 is 0 Å². The van der Waals surface area contributed by atoms with E-state index in [1.165, 1.54) is 11.8 Å². The van der Waals surface area contributed by atoms with Crippen molar-refractivity contribution in [3.05, 3.63) is 52.8 Å². The number of thioether (sulfide) groups is 1. The quantitative estimate of drug-likeness (QED) is 0.416. The van der Waals surface area contributed by atoms with Crippen LogP contribution in [0.5, 0.6) is 0 Å². The summed E-state index contributed by atoms with van der Waals surface area (Å²) in [5.74, 6) is 1.27. The Balaban J connectivity index is 1.46. The predicted molar refractivity (Wildman–Crippen MR) is 119 cm³/mol. The minimum absolute atomic E-state index is 0.118. The third-order valence-electron chi connectivity index (χ3n) is 5.84. The minimum Gasteiger partial charge on any atom is -0.376 e. The van der Waals surface area contributed by atoms with Crippen molar-refractivity contribution in [1.82, 2.24) is 19.3 Å². The number of hydrogen-bond donors (Lipinski definition) is 0. The molecule has 6 nitrogen and oxygen atoms in total. The van der Waals surface area contributed by atoms with Gasteiger partial charge in [-0.15, -0.1) is 10.2 Å². The fraction of sp³-hybridized carbons (Fsp3) is 0.435. The summed E-state index contributed by atoms with van der Waals surface area (Å²) in [5.41, 5.74) is 5.13. The maximum Gasteiger partial charge on any atom is 0.191 e. The van der Waals surface area contributed by atoms with Crippen molar-refractivity contribution in [2.45, 2.75) is 51.4 Å². The molecule has 1 fully saturated rings. The molecular formula is C23H28N4O2S. The summed E-state index contributed by atoms with van der Waals surface area (Å²) in [4.78, 5) is 13.0. The Morgan fingerprint density at radius 3 is 2.77 bits per heavy atom. The highest BCUT2D eigenvalue weighted by Crippen LogP contribution is 2.26. The SMILES string of the molecule is Cc1ccccc1-c1nnc(SCC(=O)c2cc(C)n(C[C@H]3CCCO3)c2C)n1C. The van der Waals surface area contributed by atoms with E-state index in [1.54, 1.807) is 0 Å². The Hall–Kier alpha value is -2.38. The van der Waals surface area contributed by atoms with Gasteiger partial charge in [-0.3, -0.25) is 4.79 Å². The third kappa shape index (κ3) is 4.09. The van der Waals surface area contributed by atoms with Gasteiger partial charge in [0.15, 0.2) is 16.8 Å². The Morgan fingerprint density at radius 1 is 1.23 bits per heavy atom. The lowest BCUT2D eigenvalue weighted by molar-refractivity contribution is 0.0957. The van der Waals surface area contributed by atoms with Crippen LogP contribution in [0.2, 0.25) is 0 Å². The number of Topliss-reactive ketones (excluding diaryl/α,β-unsaturated/α-hetero) is 1. The van der Waals surface area contributed by atoms with E-state index in [2.05, 4.69) is 34.7 Å². The molecule has 0 aliphatic carbocycles. The molecule has 1 aliphatic rings. The number of ether oxygens (including phenoxy) is 1. The first-order valence-corrected chi connectivity index (χ1v) is 11.3. The Labute approximate surface area is 181 Å². The highest BCUT2D eigenvalue weighted by Gasteiger charge is 2.22. The molecular weight excluding hydrogens is 396 g/mol. The van der Waals surface area contributed by atoms with Gasteiger partial charge in [-0.05, 0) is 45.2 Å². The predicted octanol–water partition coefficient (Wildman–Crippen LogP) is 4.36. The molecule has 3 heterocycles. The van der Waals surface area contributed by atoms with Crippen LogP contribution in [-0.2, 0) is 18.3 Å². The van der Waals surface area contributed by atoms with Gasteiger partial charge in [0.05, 0.1) is 11.9 Å². The van der Waals surface area contributed by atoms with Crippen LogP contribution in [0.1, 0.15) is 40.2 Å². The molecule has 0 N–H and O–H groups in total. The molecule has 0 spiro atoms. The number of benzene rings is 1. The molecule has 1 saturated heterocycles. The molecule has 2 aromatic heterocycles. The van der Waals surface area contributed by atoms with Crippen molar-refractivity contribution in [3.8, 4) is 11.4 Å². The molecule has 0 amide bonds. The minimum atomic E-state index is 0.118. The molecule has 158 valence electrons. The highest BCUT2D eigenvalue weighted by molar-refractivity contribution is 7.99. The summed E-state index contributed by atoms with van der Waals surface area (Å²) in [6.07, 6.45) is 2.46. The second kappa shape index (κ2) is 8.78. The maximum atomic E-state index is 13.0. The van der Waals surface area contributed by atoms with Crippen molar-refractivity contribution in [2.24, 2.45) is 7.05 Å². The van der Waals surface area contributed by atoms with Crippen LogP contribution in [0.15, 0.2) is 35.5 Å². The van der Waals surface area contributed by atoms with Crippen LogP contribution in [0.25, 0.3) is 11.4 Å². The van der Waals surface area contributed by atoms with Gasteiger partial charge in [0, 0.05) is 42.7 Å². The molecule has 1 aromatic carbocycles. The zero-order valence-corrected chi connectivity index (χ0v) is 18.8. The van der Waals surface area contributed by atoms with E-state index in [0.29, 0.717) is 5.75 Å². The van der Waals surface area contributed by atoms with Crippen molar-refractivity contribution in [3.63, 3.8) is 0 Å². The fourth-order valence-corrected chi connectivity index (χ4v) is 4.86. The monoisotopic (exact) mass is 424 g/mol. The Bertz CT molecular complexity index is 1060. The van der Waals surface area contributed by atoms with Gasteiger partial charge in [0.2, 0.25) is 0 Å². The second-order valence-electron chi connectivity index (χ2n) is 7.92. The van der Waals surface area contributed by atoms with Gasteiger partial charge in [-0.1, -0.05) is 36.0 Å². The van der Waals surface area contributed by atoms with E-state index in [0.717, 1.165) is 65.1 Å². The molecule has 0 bridgehead atoms. The van der Waals surface area contributed by atoms with Crippen LogP contribution in [-0.4, -0.2) is 43.6 Å². The molecule has 1 aliphatic heterocycles. The summed E-state index contributed by atoms with van der Waals surface area (Å²) < 4.78 is 9.95. The van der Waals surface area contributed by atoms with Crippen molar-refractivity contribution in [2.75, 3.05) is 12.4 Å². The number of carbonyl (C=O) groups is 1. The van der Waals surface area contributed by atoms with Gasteiger partial charge in [-0.25, -0.2) is 0 Å². The lowest BCUT2D eigenvalue weighted by Crippen LogP contribution is -2.17. The first-order chi connectivity index (χ1) is 14.5. The van der Waals surface area contributed by atoms with E-state index in [1.807, 2.05) is 42.8 Å². The van der Waals surface area contributed by atoms with Gasteiger partial charge < -0.3 is 13.9 Å². The summed E-state index contributed by atoms with van der Waals surface area (Å²) in [5, 5.41) is 9.41. The normalized spacial score (nSPS) is 16.3. The smallest absolute Gasteiger partial charge is 0.191 e. The van der Waals surface area contributed by atoms with Crippen molar-refractivity contribution >= 4 is 17.5 Å². The molecule has 7 heteroatoms. The molecule has 30 heavy (non-hydrogen) atoms. The average molecular weight is 425 g/mol.